The van der Waals surface area contributed by atoms with Crippen LogP contribution in [-0.4, -0.2) is 23.0 Å². The second-order valence-electron chi connectivity index (χ2n) is 11.7. The minimum atomic E-state index is -1.93. The average Bonchev–Trinajstić information content (AvgIpc) is 3.31. The zero-order valence-electron chi connectivity index (χ0n) is 24.1. The molecule has 7 aromatic rings. The average molecular weight is 568 g/mol. The molecule has 0 saturated heterocycles. The van der Waals surface area contributed by atoms with Gasteiger partial charge >= 0.3 is 0 Å². The van der Waals surface area contributed by atoms with Crippen molar-refractivity contribution in [2.75, 3.05) is 0 Å². The van der Waals surface area contributed by atoms with Gasteiger partial charge in [0.15, 0.2) is 17.5 Å². The Bertz CT molecular complexity index is 2140. The predicted octanol–water partition coefficient (Wildman–Crippen LogP) is 8.50. The first kappa shape index (κ1) is 25.5. The molecule has 1 aliphatic rings. The van der Waals surface area contributed by atoms with Crippen LogP contribution in [0.3, 0.4) is 0 Å². The Morgan fingerprint density at radius 2 is 0.884 bits per heavy atom. The molecule has 204 valence electrons. The maximum atomic E-state index is 5.17. The van der Waals surface area contributed by atoms with Crippen LogP contribution in [0.5, 0.6) is 0 Å². The molecule has 0 bridgehead atoms. The van der Waals surface area contributed by atoms with E-state index < -0.39 is 8.07 Å². The third-order valence-electron chi connectivity index (χ3n) is 8.75. The smallest absolute Gasteiger partial charge is 0.164 e. The van der Waals surface area contributed by atoms with Crippen molar-refractivity contribution in [2.24, 2.45) is 0 Å². The standard InChI is InChI=1S/C39H29N3Si/c1-43(2)34-20-12-11-19-32(34)36-31-18-10-9-17-30(31)33(25-35(36)43)39-41-37(28-15-7-4-8-16-28)40-38(42-39)29-23-21-27(22-24-29)26-13-5-3-6-14-26/h3-25H,1-2H3. The van der Waals surface area contributed by atoms with E-state index in [1.54, 1.807) is 0 Å². The summed E-state index contributed by atoms with van der Waals surface area (Å²) < 4.78 is 0. The lowest BCUT2D eigenvalue weighted by Gasteiger charge is -2.20. The van der Waals surface area contributed by atoms with E-state index in [1.807, 2.05) is 24.3 Å². The van der Waals surface area contributed by atoms with Crippen LogP contribution in [0.25, 0.3) is 67.2 Å². The molecular weight excluding hydrogens is 539 g/mol. The molecule has 1 aliphatic heterocycles. The van der Waals surface area contributed by atoms with Crippen molar-refractivity contribution in [3.63, 3.8) is 0 Å². The normalized spacial score (nSPS) is 13.1. The summed E-state index contributed by atoms with van der Waals surface area (Å²) in [7, 11) is -1.93. The Hall–Kier alpha value is -5.19. The van der Waals surface area contributed by atoms with Gasteiger partial charge in [-0.3, -0.25) is 0 Å². The molecular formula is C39H29N3Si. The molecule has 0 saturated carbocycles. The van der Waals surface area contributed by atoms with Gasteiger partial charge in [-0.1, -0.05) is 153 Å². The number of aromatic nitrogens is 3. The van der Waals surface area contributed by atoms with E-state index in [2.05, 4.69) is 128 Å². The summed E-state index contributed by atoms with van der Waals surface area (Å²) >= 11 is 0. The molecule has 6 aromatic carbocycles. The minimum Gasteiger partial charge on any atom is -0.208 e. The maximum Gasteiger partial charge on any atom is 0.164 e. The summed E-state index contributed by atoms with van der Waals surface area (Å²) in [6, 6.07) is 49.2. The highest BCUT2D eigenvalue weighted by atomic mass is 28.3. The van der Waals surface area contributed by atoms with Gasteiger partial charge < -0.3 is 0 Å². The first-order chi connectivity index (χ1) is 21.1. The Balaban J connectivity index is 1.35. The second-order valence-corrected chi connectivity index (χ2v) is 16.0. The molecule has 0 radical (unpaired) electrons. The molecule has 43 heavy (non-hydrogen) atoms. The molecule has 8 rings (SSSR count). The number of nitrogens with zero attached hydrogens (tertiary/aromatic N) is 3. The maximum absolute atomic E-state index is 5.17. The first-order valence-corrected chi connectivity index (χ1v) is 17.7. The quantitative estimate of drug-likeness (QED) is 0.200. The Labute approximate surface area is 252 Å². The molecule has 0 aliphatic carbocycles. The van der Waals surface area contributed by atoms with Crippen molar-refractivity contribution in [2.45, 2.75) is 13.1 Å². The van der Waals surface area contributed by atoms with Gasteiger partial charge in [0.25, 0.3) is 0 Å². The van der Waals surface area contributed by atoms with Crippen LogP contribution < -0.4 is 10.4 Å². The molecule has 0 unspecified atom stereocenters. The molecule has 0 atom stereocenters. The fourth-order valence-electron chi connectivity index (χ4n) is 6.52. The van der Waals surface area contributed by atoms with Gasteiger partial charge in [0.1, 0.15) is 8.07 Å². The number of benzene rings is 6. The van der Waals surface area contributed by atoms with Crippen LogP contribution in [0.15, 0.2) is 140 Å². The van der Waals surface area contributed by atoms with Gasteiger partial charge in [0.05, 0.1) is 0 Å². The van der Waals surface area contributed by atoms with Crippen molar-refractivity contribution >= 4 is 29.2 Å². The largest absolute Gasteiger partial charge is 0.208 e. The molecule has 0 N–H and O–H groups in total. The van der Waals surface area contributed by atoms with Crippen LogP contribution in [0.4, 0.5) is 0 Å². The molecule has 1 aromatic heterocycles. The van der Waals surface area contributed by atoms with E-state index in [4.69, 9.17) is 15.0 Å². The Morgan fingerprint density at radius 3 is 1.58 bits per heavy atom. The summed E-state index contributed by atoms with van der Waals surface area (Å²) in [5, 5.41) is 5.36. The molecule has 3 nitrogen and oxygen atoms in total. The number of fused-ring (bicyclic) bond motifs is 5. The van der Waals surface area contributed by atoms with E-state index in [1.165, 1.54) is 43.4 Å². The molecule has 4 heteroatoms. The number of hydrogen-bond acceptors (Lipinski definition) is 3. The van der Waals surface area contributed by atoms with E-state index in [0.717, 1.165) is 16.7 Å². The molecule has 0 amide bonds. The highest BCUT2D eigenvalue weighted by Gasteiger charge is 2.39. The van der Waals surface area contributed by atoms with Gasteiger partial charge in [0, 0.05) is 16.7 Å². The van der Waals surface area contributed by atoms with Gasteiger partial charge in [-0.15, -0.1) is 0 Å². The fraction of sp³-hybridized carbons (Fsp3) is 0.0513. The number of hydrogen-bond donors (Lipinski definition) is 0. The topological polar surface area (TPSA) is 38.7 Å². The lowest BCUT2D eigenvalue weighted by atomic mass is 9.94. The Morgan fingerprint density at radius 1 is 0.395 bits per heavy atom. The zero-order valence-corrected chi connectivity index (χ0v) is 25.1. The monoisotopic (exact) mass is 567 g/mol. The van der Waals surface area contributed by atoms with Crippen LogP contribution in [0, 0.1) is 0 Å². The van der Waals surface area contributed by atoms with Crippen molar-refractivity contribution in [3.05, 3.63) is 140 Å². The zero-order chi connectivity index (χ0) is 29.0. The SMILES string of the molecule is C[Si]1(C)c2ccccc2-c2c1cc(-c1nc(-c3ccccc3)nc(-c3ccc(-c4ccccc4)cc3)n1)c1ccccc21. The van der Waals surface area contributed by atoms with Crippen molar-refractivity contribution in [1.29, 1.82) is 0 Å². The van der Waals surface area contributed by atoms with Gasteiger partial charge in [-0.05, 0) is 43.4 Å². The molecule has 2 heterocycles. The van der Waals surface area contributed by atoms with Crippen molar-refractivity contribution < 1.29 is 0 Å². The van der Waals surface area contributed by atoms with Gasteiger partial charge in [0.2, 0.25) is 0 Å². The van der Waals surface area contributed by atoms with Crippen LogP contribution in [0.2, 0.25) is 13.1 Å². The van der Waals surface area contributed by atoms with Crippen LogP contribution in [0.1, 0.15) is 0 Å². The van der Waals surface area contributed by atoms with Crippen LogP contribution in [-0.2, 0) is 0 Å². The molecule has 0 spiro atoms. The van der Waals surface area contributed by atoms with Crippen molar-refractivity contribution in [1.82, 2.24) is 15.0 Å². The minimum absolute atomic E-state index is 0.674. The summed E-state index contributed by atoms with van der Waals surface area (Å²) in [5.41, 5.74) is 8.10. The third-order valence-corrected chi connectivity index (χ3v) is 12.3. The van der Waals surface area contributed by atoms with Gasteiger partial charge in [-0.2, -0.15) is 0 Å². The Kier molecular flexibility index (Phi) is 5.91. The first-order valence-electron chi connectivity index (χ1n) is 14.7. The third kappa shape index (κ3) is 4.22. The molecule has 0 fully saturated rings. The second kappa shape index (κ2) is 9.97. The highest BCUT2D eigenvalue weighted by Crippen LogP contribution is 2.39. The lowest BCUT2D eigenvalue weighted by molar-refractivity contribution is 1.08. The van der Waals surface area contributed by atoms with Crippen LogP contribution >= 0.6 is 0 Å². The van der Waals surface area contributed by atoms with E-state index in [0.29, 0.717) is 17.5 Å². The van der Waals surface area contributed by atoms with Gasteiger partial charge in [-0.25, -0.2) is 15.0 Å². The number of rotatable bonds is 4. The van der Waals surface area contributed by atoms with E-state index in [9.17, 15) is 0 Å². The highest BCUT2D eigenvalue weighted by molar-refractivity contribution is 7.04. The summed E-state index contributed by atoms with van der Waals surface area (Å²) in [6.45, 7) is 4.91. The predicted molar refractivity (Wildman–Crippen MR) is 181 cm³/mol. The summed E-state index contributed by atoms with van der Waals surface area (Å²) in [4.78, 5) is 15.3. The summed E-state index contributed by atoms with van der Waals surface area (Å²) in [6.07, 6.45) is 0. The summed E-state index contributed by atoms with van der Waals surface area (Å²) in [5.74, 6) is 2.06. The lowest BCUT2D eigenvalue weighted by Crippen LogP contribution is -2.49. The van der Waals surface area contributed by atoms with Crippen molar-refractivity contribution in [3.8, 4) is 56.4 Å². The van der Waals surface area contributed by atoms with E-state index >= 15 is 0 Å². The van der Waals surface area contributed by atoms with E-state index in [-0.39, 0.29) is 0 Å². The fourth-order valence-corrected chi connectivity index (χ4v) is 9.60.